The van der Waals surface area contributed by atoms with Crippen molar-refractivity contribution in [3.05, 3.63) is 16.1 Å². The van der Waals surface area contributed by atoms with Gasteiger partial charge in [-0.3, -0.25) is 9.89 Å². The van der Waals surface area contributed by atoms with Crippen LogP contribution in [0.3, 0.4) is 0 Å². The summed E-state index contributed by atoms with van der Waals surface area (Å²) in [5, 5.41) is 6.84. The molecule has 1 N–H and O–H groups in total. The summed E-state index contributed by atoms with van der Waals surface area (Å²) in [4.78, 5) is 14.1. The minimum Gasteiger partial charge on any atom is -0.351 e. The quantitative estimate of drug-likeness (QED) is 0.680. The summed E-state index contributed by atoms with van der Waals surface area (Å²) < 4.78 is 0. The molecule has 0 bridgehead atoms. The minimum absolute atomic E-state index is 0.715. The lowest BCUT2D eigenvalue weighted by Crippen LogP contribution is -2.42. The molecule has 3 rings (SSSR count). The van der Waals surface area contributed by atoms with Crippen molar-refractivity contribution in [3.8, 4) is 0 Å². The summed E-state index contributed by atoms with van der Waals surface area (Å²) in [6, 6.07) is 0.715. The van der Waals surface area contributed by atoms with Crippen LogP contribution < -0.4 is 5.32 Å². The van der Waals surface area contributed by atoms with E-state index in [2.05, 4.69) is 37.4 Å². The Labute approximate surface area is 137 Å². The van der Waals surface area contributed by atoms with E-state index in [4.69, 9.17) is 0 Å². The van der Waals surface area contributed by atoms with E-state index in [0.29, 0.717) is 6.04 Å². The van der Waals surface area contributed by atoms with E-state index < -0.39 is 0 Å². The van der Waals surface area contributed by atoms with Crippen LogP contribution in [0.2, 0.25) is 0 Å². The first-order valence-electron chi connectivity index (χ1n) is 8.43. The number of hydrogen-bond donors (Lipinski definition) is 1. The number of likely N-dealkylation sites (tertiary alicyclic amines) is 2. The molecule has 0 spiro atoms. The SMILES string of the molecule is CCc1nc(CNC(=NC)N2CCC(N3CCCC3)C2)cs1. The molecular formula is C16H27N5S. The van der Waals surface area contributed by atoms with Gasteiger partial charge in [0.25, 0.3) is 0 Å². The molecule has 1 atom stereocenters. The Morgan fingerprint density at radius 2 is 2.23 bits per heavy atom. The van der Waals surface area contributed by atoms with Crippen molar-refractivity contribution in [2.75, 3.05) is 33.2 Å². The molecule has 0 saturated carbocycles. The lowest BCUT2D eigenvalue weighted by molar-refractivity contribution is 0.249. The maximum absolute atomic E-state index is 4.61. The zero-order chi connectivity index (χ0) is 15.4. The predicted molar refractivity (Wildman–Crippen MR) is 92.5 cm³/mol. The first-order chi connectivity index (χ1) is 10.8. The van der Waals surface area contributed by atoms with E-state index >= 15 is 0 Å². The van der Waals surface area contributed by atoms with Crippen molar-refractivity contribution in [2.24, 2.45) is 4.99 Å². The van der Waals surface area contributed by atoms with Gasteiger partial charge < -0.3 is 10.2 Å². The summed E-state index contributed by atoms with van der Waals surface area (Å²) in [5.41, 5.74) is 1.12. The number of hydrogen-bond acceptors (Lipinski definition) is 4. The minimum atomic E-state index is 0.715. The Morgan fingerprint density at radius 1 is 1.41 bits per heavy atom. The maximum Gasteiger partial charge on any atom is 0.194 e. The zero-order valence-corrected chi connectivity index (χ0v) is 14.5. The van der Waals surface area contributed by atoms with Crippen molar-refractivity contribution < 1.29 is 0 Å². The second-order valence-electron chi connectivity index (χ2n) is 6.12. The fourth-order valence-electron chi connectivity index (χ4n) is 3.43. The number of aromatic nitrogens is 1. The Bertz CT molecular complexity index is 506. The molecule has 0 amide bonds. The lowest BCUT2D eigenvalue weighted by Gasteiger charge is -2.25. The van der Waals surface area contributed by atoms with Gasteiger partial charge in [-0.2, -0.15) is 0 Å². The summed E-state index contributed by atoms with van der Waals surface area (Å²) in [6.45, 7) is 7.70. The van der Waals surface area contributed by atoms with Gasteiger partial charge in [0, 0.05) is 31.6 Å². The molecule has 3 heterocycles. The lowest BCUT2D eigenvalue weighted by atomic mass is 10.2. The van der Waals surface area contributed by atoms with Crippen LogP contribution in [0.4, 0.5) is 0 Å². The third-order valence-electron chi connectivity index (χ3n) is 4.66. The molecule has 1 unspecified atom stereocenters. The molecule has 2 aliphatic heterocycles. The van der Waals surface area contributed by atoms with Crippen LogP contribution in [0.25, 0.3) is 0 Å². The zero-order valence-electron chi connectivity index (χ0n) is 13.7. The number of thiazole rings is 1. The van der Waals surface area contributed by atoms with Crippen LogP contribution in [-0.2, 0) is 13.0 Å². The molecule has 6 heteroatoms. The second kappa shape index (κ2) is 7.42. The first kappa shape index (κ1) is 15.7. The highest BCUT2D eigenvalue weighted by atomic mass is 32.1. The van der Waals surface area contributed by atoms with Crippen molar-refractivity contribution in [3.63, 3.8) is 0 Å². The number of aliphatic imine (C=N–C) groups is 1. The molecule has 1 aromatic rings. The molecule has 2 saturated heterocycles. The average molecular weight is 321 g/mol. The third-order valence-corrected chi connectivity index (χ3v) is 5.70. The predicted octanol–water partition coefficient (Wildman–Crippen LogP) is 1.95. The van der Waals surface area contributed by atoms with Crippen LogP contribution in [0.5, 0.6) is 0 Å². The van der Waals surface area contributed by atoms with Gasteiger partial charge in [-0.05, 0) is 38.8 Å². The van der Waals surface area contributed by atoms with Gasteiger partial charge in [-0.25, -0.2) is 4.98 Å². The fourth-order valence-corrected chi connectivity index (χ4v) is 4.18. The van der Waals surface area contributed by atoms with Crippen molar-refractivity contribution >= 4 is 17.3 Å². The van der Waals surface area contributed by atoms with Gasteiger partial charge in [0.1, 0.15) is 0 Å². The second-order valence-corrected chi connectivity index (χ2v) is 7.06. The van der Waals surface area contributed by atoms with E-state index in [1.807, 2.05) is 7.05 Å². The van der Waals surface area contributed by atoms with Gasteiger partial charge in [-0.15, -0.1) is 11.3 Å². The molecular weight excluding hydrogens is 294 g/mol. The van der Waals surface area contributed by atoms with E-state index in [9.17, 15) is 0 Å². The summed E-state index contributed by atoms with van der Waals surface area (Å²) in [6.07, 6.45) is 5.01. The monoisotopic (exact) mass is 321 g/mol. The third kappa shape index (κ3) is 3.60. The van der Waals surface area contributed by atoms with Gasteiger partial charge in [0.05, 0.1) is 17.2 Å². The number of guanidine groups is 1. The van der Waals surface area contributed by atoms with Crippen molar-refractivity contribution in [1.29, 1.82) is 0 Å². The van der Waals surface area contributed by atoms with E-state index in [1.165, 1.54) is 37.4 Å². The van der Waals surface area contributed by atoms with Crippen LogP contribution in [0.1, 0.15) is 36.9 Å². The number of rotatable bonds is 4. The highest BCUT2D eigenvalue weighted by molar-refractivity contribution is 7.09. The Morgan fingerprint density at radius 3 is 2.91 bits per heavy atom. The smallest absolute Gasteiger partial charge is 0.194 e. The fraction of sp³-hybridized carbons (Fsp3) is 0.750. The van der Waals surface area contributed by atoms with Crippen molar-refractivity contribution in [1.82, 2.24) is 20.1 Å². The summed E-state index contributed by atoms with van der Waals surface area (Å²) in [7, 11) is 1.88. The Kier molecular flexibility index (Phi) is 5.31. The topological polar surface area (TPSA) is 43.8 Å². The first-order valence-corrected chi connectivity index (χ1v) is 9.31. The number of aryl methyl sites for hydroxylation is 1. The van der Waals surface area contributed by atoms with Gasteiger partial charge in [-0.1, -0.05) is 6.92 Å². The average Bonchev–Trinajstić information content (AvgIpc) is 3.28. The molecule has 0 radical (unpaired) electrons. The van der Waals surface area contributed by atoms with E-state index in [0.717, 1.165) is 37.7 Å². The standard InChI is InChI=1S/C16H27N5S/c1-3-15-19-13(12-22-15)10-18-16(17-2)21-9-6-14(11-21)20-7-4-5-8-20/h12,14H,3-11H2,1-2H3,(H,17,18). The van der Waals surface area contributed by atoms with Gasteiger partial charge in [0.2, 0.25) is 0 Å². The van der Waals surface area contributed by atoms with E-state index in [1.54, 1.807) is 11.3 Å². The van der Waals surface area contributed by atoms with Crippen LogP contribution in [0.15, 0.2) is 10.4 Å². The molecule has 122 valence electrons. The molecule has 22 heavy (non-hydrogen) atoms. The molecule has 5 nitrogen and oxygen atoms in total. The highest BCUT2D eigenvalue weighted by Crippen LogP contribution is 2.20. The molecule has 0 aromatic carbocycles. The van der Waals surface area contributed by atoms with Gasteiger partial charge in [0.15, 0.2) is 5.96 Å². The number of nitrogens with one attached hydrogen (secondary N) is 1. The maximum atomic E-state index is 4.61. The summed E-state index contributed by atoms with van der Waals surface area (Å²) in [5.74, 6) is 1.02. The van der Waals surface area contributed by atoms with Crippen molar-refractivity contribution in [2.45, 2.75) is 45.2 Å². The molecule has 2 aliphatic rings. The summed E-state index contributed by atoms with van der Waals surface area (Å²) >= 11 is 1.75. The number of nitrogens with zero attached hydrogens (tertiary/aromatic N) is 4. The highest BCUT2D eigenvalue weighted by Gasteiger charge is 2.30. The molecule has 2 fully saturated rings. The normalized spacial score (nSPS) is 23.5. The van der Waals surface area contributed by atoms with Gasteiger partial charge >= 0.3 is 0 Å². The Balaban J connectivity index is 1.51. The van der Waals surface area contributed by atoms with Crippen LogP contribution in [0, 0.1) is 0 Å². The van der Waals surface area contributed by atoms with Crippen LogP contribution in [-0.4, -0.2) is 60.0 Å². The molecule has 0 aliphatic carbocycles. The van der Waals surface area contributed by atoms with E-state index in [-0.39, 0.29) is 0 Å². The largest absolute Gasteiger partial charge is 0.351 e. The Hall–Kier alpha value is -1.14. The molecule has 1 aromatic heterocycles. The van der Waals surface area contributed by atoms with Crippen LogP contribution >= 0.6 is 11.3 Å².